The van der Waals surface area contributed by atoms with Gasteiger partial charge in [0.25, 0.3) is 0 Å². The molecule has 0 rings (SSSR count). The first-order valence-electron chi connectivity index (χ1n) is 3.51. The second kappa shape index (κ2) is 6.81. The van der Waals surface area contributed by atoms with Gasteiger partial charge in [-0.25, -0.2) is 0 Å². The van der Waals surface area contributed by atoms with Gasteiger partial charge in [-0.15, -0.1) is 0 Å². The van der Waals surface area contributed by atoms with E-state index in [9.17, 15) is 0 Å². The van der Waals surface area contributed by atoms with E-state index >= 15 is 0 Å². The molecule has 0 aliphatic heterocycles. The summed E-state index contributed by atoms with van der Waals surface area (Å²) in [6, 6.07) is 0. The Hall–Kier alpha value is 0.690. The Labute approximate surface area is 71.0 Å². The van der Waals surface area contributed by atoms with E-state index in [2.05, 4.69) is 22.6 Å². The lowest BCUT2D eigenvalue weighted by Gasteiger charge is -2.01. The van der Waals surface area contributed by atoms with Gasteiger partial charge in [-0.1, -0.05) is 35.4 Å². The average Bonchev–Trinajstić information content (AvgIpc) is 1.80. The third-order valence-electron chi connectivity index (χ3n) is 1.26. The molecule has 0 aliphatic rings. The molecule has 0 saturated carbocycles. The summed E-state index contributed by atoms with van der Waals surface area (Å²) in [5, 5.41) is 8.85. The lowest BCUT2D eigenvalue weighted by atomic mass is 10.1. The molecule has 0 heterocycles. The molecule has 0 bridgehead atoms. The lowest BCUT2D eigenvalue weighted by Crippen LogP contribution is -1.98. The van der Waals surface area contributed by atoms with Crippen molar-refractivity contribution >= 4 is 22.6 Å². The van der Waals surface area contributed by atoms with Gasteiger partial charge in [0.2, 0.25) is 0 Å². The predicted molar refractivity (Wildman–Crippen MR) is 49.0 cm³/mol. The fourth-order valence-corrected chi connectivity index (χ4v) is 1.25. The highest BCUT2D eigenvalue weighted by molar-refractivity contribution is 14.1. The van der Waals surface area contributed by atoms with Gasteiger partial charge in [-0.05, 0) is 24.2 Å². The topological polar surface area (TPSA) is 20.2 Å². The molecule has 0 aliphatic carbocycles. The van der Waals surface area contributed by atoms with Gasteiger partial charge in [-0.2, -0.15) is 0 Å². The van der Waals surface area contributed by atoms with Crippen molar-refractivity contribution in [1.82, 2.24) is 0 Å². The average molecular weight is 242 g/mol. The molecule has 0 fully saturated rings. The Morgan fingerprint density at radius 1 is 1.33 bits per heavy atom. The highest BCUT2D eigenvalue weighted by Crippen LogP contribution is 2.04. The molecule has 0 aromatic carbocycles. The molecule has 0 spiro atoms. The quantitative estimate of drug-likeness (QED) is 0.445. The van der Waals surface area contributed by atoms with Crippen LogP contribution in [-0.4, -0.2) is 15.6 Å². The van der Waals surface area contributed by atoms with E-state index in [1.165, 1.54) is 23.7 Å². The molecule has 0 unspecified atom stereocenters. The summed E-state index contributed by atoms with van der Waals surface area (Å²) >= 11 is 2.38. The Morgan fingerprint density at radius 2 is 2.00 bits per heavy atom. The maximum Gasteiger partial charge on any atom is 0.0512 e. The zero-order chi connectivity index (χ0) is 7.11. The van der Waals surface area contributed by atoms with Crippen molar-refractivity contribution in [2.24, 2.45) is 0 Å². The van der Waals surface area contributed by atoms with Crippen molar-refractivity contribution in [3.05, 3.63) is 0 Å². The van der Waals surface area contributed by atoms with Crippen molar-refractivity contribution in [3.8, 4) is 0 Å². The van der Waals surface area contributed by atoms with Crippen LogP contribution in [0, 0.1) is 0 Å². The number of hydrogen-bond acceptors (Lipinski definition) is 1. The van der Waals surface area contributed by atoms with Crippen molar-refractivity contribution in [2.75, 3.05) is 4.43 Å². The number of alkyl halides is 1. The van der Waals surface area contributed by atoms with Gasteiger partial charge in [0.15, 0.2) is 0 Å². The zero-order valence-electron chi connectivity index (χ0n) is 5.94. The van der Waals surface area contributed by atoms with Crippen molar-refractivity contribution in [1.29, 1.82) is 0 Å². The second-order valence-electron chi connectivity index (χ2n) is 2.39. The van der Waals surface area contributed by atoms with Crippen molar-refractivity contribution in [2.45, 2.75) is 38.7 Å². The highest BCUT2D eigenvalue weighted by Gasteiger charge is 1.93. The molecule has 0 saturated heterocycles. The minimum atomic E-state index is -0.0980. The molecule has 1 nitrogen and oxygen atoms in total. The van der Waals surface area contributed by atoms with E-state index in [1.54, 1.807) is 0 Å². The zero-order valence-corrected chi connectivity index (χ0v) is 8.10. The van der Waals surface area contributed by atoms with E-state index in [0.717, 1.165) is 6.42 Å². The summed E-state index contributed by atoms with van der Waals surface area (Å²) < 4.78 is 1.25. The predicted octanol–water partition coefficient (Wildman–Crippen LogP) is 2.36. The minimum Gasteiger partial charge on any atom is -0.393 e. The summed E-state index contributed by atoms with van der Waals surface area (Å²) in [4.78, 5) is 0. The van der Waals surface area contributed by atoms with E-state index in [1.807, 2.05) is 6.92 Å². The van der Waals surface area contributed by atoms with Crippen LogP contribution in [0.3, 0.4) is 0 Å². The Morgan fingerprint density at radius 3 is 2.44 bits per heavy atom. The van der Waals surface area contributed by atoms with Crippen LogP contribution in [-0.2, 0) is 0 Å². The molecule has 0 amide bonds. The number of hydrogen-bond donors (Lipinski definition) is 1. The first kappa shape index (κ1) is 9.69. The van der Waals surface area contributed by atoms with Crippen LogP contribution in [0.15, 0.2) is 0 Å². The lowest BCUT2D eigenvalue weighted by molar-refractivity contribution is 0.180. The number of unbranched alkanes of at least 4 members (excludes halogenated alkanes) is 2. The van der Waals surface area contributed by atoms with Gasteiger partial charge in [0, 0.05) is 0 Å². The summed E-state index contributed by atoms with van der Waals surface area (Å²) in [6.45, 7) is 1.85. The minimum absolute atomic E-state index is 0.0980. The normalized spacial score (nSPS) is 13.7. The van der Waals surface area contributed by atoms with Crippen LogP contribution < -0.4 is 0 Å². The van der Waals surface area contributed by atoms with Gasteiger partial charge in [0.05, 0.1) is 6.10 Å². The number of halogens is 1. The molecule has 0 aromatic rings. The fraction of sp³-hybridized carbons (Fsp3) is 1.00. The van der Waals surface area contributed by atoms with Crippen LogP contribution in [0.2, 0.25) is 0 Å². The summed E-state index contributed by atoms with van der Waals surface area (Å²) in [5.74, 6) is 0. The highest BCUT2D eigenvalue weighted by atomic mass is 127. The molecule has 9 heavy (non-hydrogen) atoms. The van der Waals surface area contributed by atoms with E-state index in [4.69, 9.17) is 5.11 Å². The second-order valence-corrected chi connectivity index (χ2v) is 3.47. The maximum atomic E-state index is 8.85. The van der Waals surface area contributed by atoms with Crippen molar-refractivity contribution in [3.63, 3.8) is 0 Å². The van der Waals surface area contributed by atoms with Crippen LogP contribution in [0.4, 0.5) is 0 Å². The SMILES string of the molecule is C[C@H](O)CCCCCI. The molecular weight excluding hydrogens is 227 g/mol. The van der Waals surface area contributed by atoms with Gasteiger partial charge < -0.3 is 5.11 Å². The smallest absolute Gasteiger partial charge is 0.0512 e. The molecule has 1 atom stereocenters. The van der Waals surface area contributed by atoms with E-state index < -0.39 is 0 Å². The van der Waals surface area contributed by atoms with Gasteiger partial charge in [-0.3, -0.25) is 0 Å². The first-order valence-corrected chi connectivity index (χ1v) is 5.04. The Kier molecular flexibility index (Phi) is 7.33. The van der Waals surface area contributed by atoms with Crippen LogP contribution in [0.1, 0.15) is 32.6 Å². The number of aliphatic hydroxyl groups is 1. The van der Waals surface area contributed by atoms with Crippen LogP contribution in [0.25, 0.3) is 0 Å². The Balaban J connectivity index is 2.75. The summed E-state index contributed by atoms with van der Waals surface area (Å²) in [7, 11) is 0. The molecular formula is C7H15IO. The number of rotatable bonds is 5. The Bertz CT molecular complexity index is 54.9. The molecule has 0 radical (unpaired) electrons. The van der Waals surface area contributed by atoms with Gasteiger partial charge >= 0.3 is 0 Å². The van der Waals surface area contributed by atoms with Crippen molar-refractivity contribution < 1.29 is 5.11 Å². The fourth-order valence-electron chi connectivity index (χ4n) is 0.711. The standard InChI is InChI=1S/C7H15IO/c1-7(9)5-3-2-4-6-8/h7,9H,2-6H2,1H3/t7-/m0/s1. The van der Waals surface area contributed by atoms with Crippen LogP contribution >= 0.6 is 22.6 Å². The van der Waals surface area contributed by atoms with E-state index in [0.29, 0.717) is 0 Å². The third kappa shape index (κ3) is 8.69. The number of aliphatic hydroxyl groups excluding tert-OH is 1. The third-order valence-corrected chi connectivity index (χ3v) is 2.02. The monoisotopic (exact) mass is 242 g/mol. The molecule has 0 aromatic heterocycles. The summed E-state index contributed by atoms with van der Waals surface area (Å²) in [6.07, 6.45) is 4.62. The maximum absolute atomic E-state index is 8.85. The molecule has 1 N–H and O–H groups in total. The summed E-state index contributed by atoms with van der Waals surface area (Å²) in [5.41, 5.74) is 0. The first-order chi connectivity index (χ1) is 4.27. The molecule has 2 heteroatoms. The van der Waals surface area contributed by atoms with E-state index in [-0.39, 0.29) is 6.10 Å². The van der Waals surface area contributed by atoms with Crippen LogP contribution in [0.5, 0.6) is 0 Å². The molecule has 56 valence electrons. The van der Waals surface area contributed by atoms with Gasteiger partial charge in [0.1, 0.15) is 0 Å². The largest absolute Gasteiger partial charge is 0.393 e.